The van der Waals surface area contributed by atoms with E-state index < -0.39 is 0 Å². The molecule has 0 bridgehead atoms. The second-order valence-electron chi connectivity index (χ2n) is 7.77. The molecule has 1 fully saturated rings. The van der Waals surface area contributed by atoms with Gasteiger partial charge in [-0.2, -0.15) is 0 Å². The largest absolute Gasteiger partial charge is 0.493 e. The molecular weight excluding hydrogens is 410 g/mol. The van der Waals surface area contributed by atoms with Crippen molar-refractivity contribution in [2.24, 2.45) is 5.92 Å². The fraction of sp³-hybridized carbons (Fsp3) is 0.333. The van der Waals surface area contributed by atoms with Crippen molar-refractivity contribution in [1.82, 2.24) is 9.88 Å². The number of H-pyrrole nitrogens is 1. The van der Waals surface area contributed by atoms with Gasteiger partial charge in [-0.15, -0.1) is 0 Å². The van der Waals surface area contributed by atoms with Crippen LogP contribution in [0, 0.1) is 5.92 Å². The van der Waals surface area contributed by atoms with E-state index >= 15 is 0 Å². The third kappa shape index (κ3) is 4.21. The Labute approximate surface area is 186 Å². The highest BCUT2D eigenvalue weighted by Crippen LogP contribution is 2.40. The Bertz CT molecular complexity index is 1110. The van der Waals surface area contributed by atoms with Crippen LogP contribution in [0.3, 0.4) is 0 Å². The predicted octanol–water partition coefficient (Wildman–Crippen LogP) is 3.68. The number of nitrogens with one attached hydrogen (secondary N) is 2. The van der Waals surface area contributed by atoms with Crippen LogP contribution in [0.4, 0.5) is 5.69 Å². The Morgan fingerprint density at radius 3 is 2.47 bits per heavy atom. The summed E-state index contributed by atoms with van der Waals surface area (Å²) in [5, 5.41) is 3.99. The molecule has 2 aromatic carbocycles. The van der Waals surface area contributed by atoms with Gasteiger partial charge in [0.15, 0.2) is 11.5 Å². The zero-order chi connectivity index (χ0) is 22.7. The van der Waals surface area contributed by atoms with Crippen LogP contribution in [0.25, 0.3) is 10.9 Å². The van der Waals surface area contributed by atoms with Crippen LogP contribution in [-0.4, -0.2) is 56.1 Å². The molecule has 3 aromatic rings. The Morgan fingerprint density at radius 1 is 1.03 bits per heavy atom. The smallest absolute Gasteiger partial charge is 0.253 e. The molecule has 0 spiro atoms. The SMILES string of the molecule is COc1cc(NC(=O)[C@@H]2CCCN(C(=O)c3ccc4cc[nH]c4c3)C2)cc(OC)c1OC. The Morgan fingerprint density at radius 2 is 1.78 bits per heavy atom. The first-order chi connectivity index (χ1) is 15.5. The fourth-order valence-electron chi connectivity index (χ4n) is 4.14. The van der Waals surface area contributed by atoms with Gasteiger partial charge in [-0.3, -0.25) is 9.59 Å². The summed E-state index contributed by atoms with van der Waals surface area (Å²) in [7, 11) is 4.58. The van der Waals surface area contributed by atoms with Crippen molar-refractivity contribution in [3.8, 4) is 17.2 Å². The lowest BCUT2D eigenvalue weighted by Crippen LogP contribution is -2.43. The molecule has 32 heavy (non-hydrogen) atoms. The second kappa shape index (κ2) is 9.21. The Kier molecular flexibility index (Phi) is 6.20. The second-order valence-corrected chi connectivity index (χ2v) is 7.77. The van der Waals surface area contributed by atoms with Gasteiger partial charge in [0.25, 0.3) is 5.91 Å². The van der Waals surface area contributed by atoms with Gasteiger partial charge in [0.1, 0.15) is 0 Å². The zero-order valence-corrected chi connectivity index (χ0v) is 18.4. The Hall–Kier alpha value is -3.68. The van der Waals surface area contributed by atoms with E-state index in [0.717, 1.165) is 23.7 Å². The van der Waals surface area contributed by atoms with Gasteiger partial charge in [0, 0.05) is 48.2 Å². The summed E-state index contributed by atoms with van der Waals surface area (Å²) in [5.74, 6) is 0.871. The number of carbonyl (C=O) groups is 2. The number of benzene rings is 2. The third-order valence-corrected chi connectivity index (χ3v) is 5.81. The van der Waals surface area contributed by atoms with Crippen molar-refractivity contribution in [2.75, 3.05) is 39.7 Å². The number of aromatic amines is 1. The van der Waals surface area contributed by atoms with Gasteiger partial charge in [0.05, 0.1) is 27.2 Å². The number of anilines is 1. The summed E-state index contributed by atoms with van der Waals surface area (Å²) in [6.45, 7) is 1.01. The van der Waals surface area contributed by atoms with Crippen LogP contribution in [0.5, 0.6) is 17.2 Å². The van der Waals surface area contributed by atoms with E-state index in [1.54, 1.807) is 17.0 Å². The lowest BCUT2D eigenvalue weighted by atomic mass is 9.96. The first kappa shape index (κ1) is 21.5. The van der Waals surface area contributed by atoms with Crippen LogP contribution in [0.2, 0.25) is 0 Å². The van der Waals surface area contributed by atoms with Gasteiger partial charge in [-0.05, 0) is 36.4 Å². The minimum atomic E-state index is -0.305. The van der Waals surface area contributed by atoms with Gasteiger partial charge >= 0.3 is 0 Å². The number of piperidine rings is 1. The molecule has 0 unspecified atom stereocenters. The molecule has 0 saturated carbocycles. The maximum absolute atomic E-state index is 13.1. The predicted molar refractivity (Wildman–Crippen MR) is 122 cm³/mol. The number of hydrogen-bond acceptors (Lipinski definition) is 5. The van der Waals surface area contributed by atoms with Gasteiger partial charge in [-0.1, -0.05) is 6.07 Å². The van der Waals surface area contributed by atoms with E-state index in [2.05, 4.69) is 10.3 Å². The van der Waals surface area contributed by atoms with E-state index in [0.29, 0.717) is 41.6 Å². The standard InChI is InChI=1S/C24H27N3O5/c1-30-20-12-18(13-21(31-2)22(20)32-3)26-23(28)17-5-4-10-27(14-17)24(29)16-7-6-15-8-9-25-19(15)11-16/h6-9,11-13,17,25H,4-5,10,14H2,1-3H3,(H,26,28)/t17-/m1/s1. The first-order valence-corrected chi connectivity index (χ1v) is 10.5. The molecule has 0 radical (unpaired) electrons. The highest BCUT2D eigenvalue weighted by atomic mass is 16.5. The van der Waals surface area contributed by atoms with Crippen molar-refractivity contribution in [3.05, 3.63) is 48.2 Å². The number of ether oxygens (including phenoxy) is 3. The Balaban J connectivity index is 1.47. The molecule has 1 aromatic heterocycles. The van der Waals surface area contributed by atoms with Crippen LogP contribution in [-0.2, 0) is 4.79 Å². The molecule has 1 atom stereocenters. The first-order valence-electron chi connectivity index (χ1n) is 10.5. The summed E-state index contributed by atoms with van der Waals surface area (Å²) >= 11 is 0. The molecule has 1 saturated heterocycles. The topological polar surface area (TPSA) is 92.9 Å². The van der Waals surface area contributed by atoms with Crippen LogP contribution >= 0.6 is 0 Å². The highest BCUT2D eigenvalue weighted by Gasteiger charge is 2.29. The number of nitrogens with zero attached hydrogens (tertiary/aromatic N) is 1. The van der Waals surface area contributed by atoms with Gasteiger partial charge < -0.3 is 29.4 Å². The lowest BCUT2D eigenvalue weighted by molar-refractivity contribution is -0.121. The molecule has 168 valence electrons. The fourth-order valence-corrected chi connectivity index (χ4v) is 4.14. The normalized spacial score (nSPS) is 16.0. The van der Waals surface area contributed by atoms with Gasteiger partial charge in [-0.25, -0.2) is 0 Å². The lowest BCUT2D eigenvalue weighted by Gasteiger charge is -2.32. The summed E-state index contributed by atoms with van der Waals surface area (Å²) in [5.41, 5.74) is 2.08. The monoisotopic (exact) mass is 437 g/mol. The zero-order valence-electron chi connectivity index (χ0n) is 18.4. The van der Waals surface area contributed by atoms with Crippen molar-refractivity contribution < 1.29 is 23.8 Å². The molecule has 8 nitrogen and oxygen atoms in total. The number of amides is 2. The minimum absolute atomic E-state index is 0.0632. The van der Waals surface area contributed by atoms with Gasteiger partial charge in [0.2, 0.25) is 11.7 Å². The number of rotatable bonds is 6. The van der Waals surface area contributed by atoms with Crippen molar-refractivity contribution >= 4 is 28.4 Å². The molecule has 2 N–H and O–H groups in total. The van der Waals surface area contributed by atoms with E-state index in [9.17, 15) is 9.59 Å². The van der Waals surface area contributed by atoms with Crippen LogP contribution < -0.4 is 19.5 Å². The number of methoxy groups -OCH3 is 3. The number of carbonyl (C=O) groups excluding carboxylic acids is 2. The minimum Gasteiger partial charge on any atom is -0.493 e. The van der Waals surface area contributed by atoms with Crippen LogP contribution in [0.1, 0.15) is 23.2 Å². The molecular formula is C24H27N3O5. The van der Waals surface area contributed by atoms with Crippen molar-refractivity contribution in [3.63, 3.8) is 0 Å². The number of fused-ring (bicyclic) bond motifs is 1. The summed E-state index contributed by atoms with van der Waals surface area (Å²) in [4.78, 5) is 31.0. The molecule has 1 aliphatic heterocycles. The van der Waals surface area contributed by atoms with Crippen LogP contribution in [0.15, 0.2) is 42.6 Å². The third-order valence-electron chi connectivity index (χ3n) is 5.81. The average Bonchev–Trinajstić information content (AvgIpc) is 3.30. The quantitative estimate of drug-likeness (QED) is 0.614. The molecule has 4 rings (SSSR count). The van der Waals surface area contributed by atoms with E-state index in [1.165, 1.54) is 21.3 Å². The number of hydrogen-bond donors (Lipinski definition) is 2. The molecule has 8 heteroatoms. The van der Waals surface area contributed by atoms with E-state index in [1.807, 2.05) is 30.5 Å². The maximum atomic E-state index is 13.1. The van der Waals surface area contributed by atoms with E-state index in [-0.39, 0.29) is 17.7 Å². The summed E-state index contributed by atoms with van der Waals surface area (Å²) < 4.78 is 16.0. The highest BCUT2D eigenvalue weighted by molar-refractivity contribution is 5.99. The summed E-state index contributed by atoms with van der Waals surface area (Å²) in [6.07, 6.45) is 3.34. The molecule has 1 aliphatic rings. The molecule has 2 amide bonds. The molecule has 0 aliphatic carbocycles. The van der Waals surface area contributed by atoms with Crippen molar-refractivity contribution in [1.29, 1.82) is 0 Å². The summed E-state index contributed by atoms with van der Waals surface area (Å²) in [6, 6.07) is 11.0. The number of likely N-dealkylation sites (tertiary alicyclic amines) is 1. The van der Waals surface area contributed by atoms with E-state index in [4.69, 9.17) is 14.2 Å². The molecule has 2 heterocycles. The average molecular weight is 437 g/mol. The van der Waals surface area contributed by atoms with Crippen molar-refractivity contribution in [2.45, 2.75) is 12.8 Å². The maximum Gasteiger partial charge on any atom is 0.253 e. The number of aromatic nitrogens is 1.